The summed E-state index contributed by atoms with van der Waals surface area (Å²) >= 11 is 0. The number of nitrogens with one attached hydrogen (secondary N) is 1. The lowest BCUT2D eigenvalue weighted by Crippen LogP contribution is -2.54. The van der Waals surface area contributed by atoms with Gasteiger partial charge in [0.15, 0.2) is 0 Å². The Balaban J connectivity index is 2.63. The van der Waals surface area contributed by atoms with E-state index in [2.05, 4.69) is 5.32 Å². The number of carbonyl (C=O) groups is 2. The molecule has 6 heteroatoms. The van der Waals surface area contributed by atoms with Crippen LogP contribution in [0.25, 0.3) is 0 Å². The van der Waals surface area contributed by atoms with E-state index >= 15 is 0 Å². The number of halogens is 2. The molecule has 1 aliphatic rings. The predicted molar refractivity (Wildman–Crippen MR) is 61.6 cm³/mol. The molecule has 4 nitrogen and oxygen atoms in total. The number of aldehydes is 1. The Labute approximate surface area is 105 Å². The Morgan fingerprint density at radius 1 is 1.22 bits per heavy atom. The summed E-state index contributed by atoms with van der Waals surface area (Å²) in [6.45, 7) is 5.07. The molecule has 1 N–H and O–H groups in total. The topological polar surface area (TPSA) is 55.4 Å². The van der Waals surface area contributed by atoms with Crippen LogP contribution in [0.4, 0.5) is 13.6 Å². The zero-order chi connectivity index (χ0) is 14.0. The minimum absolute atomic E-state index is 0.0667. The lowest BCUT2D eigenvalue weighted by molar-refractivity contribution is -0.119. The van der Waals surface area contributed by atoms with Gasteiger partial charge in [-0.15, -0.1) is 0 Å². The van der Waals surface area contributed by atoms with Gasteiger partial charge in [0, 0.05) is 12.8 Å². The first-order valence-corrected chi connectivity index (χ1v) is 5.93. The third-order valence-electron chi connectivity index (χ3n) is 2.85. The second-order valence-corrected chi connectivity index (χ2v) is 5.76. The van der Waals surface area contributed by atoms with Gasteiger partial charge in [-0.2, -0.15) is 0 Å². The van der Waals surface area contributed by atoms with E-state index in [0.717, 1.165) is 0 Å². The Morgan fingerprint density at radius 3 is 2.11 bits per heavy atom. The molecule has 0 bridgehead atoms. The van der Waals surface area contributed by atoms with Gasteiger partial charge < -0.3 is 14.8 Å². The van der Waals surface area contributed by atoms with E-state index in [-0.39, 0.29) is 12.8 Å². The molecule has 18 heavy (non-hydrogen) atoms. The van der Waals surface area contributed by atoms with Crippen molar-refractivity contribution in [2.45, 2.75) is 63.5 Å². The molecule has 0 spiro atoms. The lowest BCUT2D eigenvalue weighted by atomic mass is 9.81. The van der Waals surface area contributed by atoms with Crippen molar-refractivity contribution in [1.82, 2.24) is 5.32 Å². The van der Waals surface area contributed by atoms with Gasteiger partial charge in [-0.25, -0.2) is 13.6 Å². The molecule has 1 saturated carbocycles. The third-order valence-corrected chi connectivity index (χ3v) is 2.85. The van der Waals surface area contributed by atoms with Gasteiger partial charge in [-0.05, 0) is 33.6 Å². The molecule has 0 aromatic carbocycles. The number of rotatable bonds is 2. The fraction of sp³-hybridized carbons (Fsp3) is 0.833. The van der Waals surface area contributed by atoms with E-state index < -0.39 is 36.0 Å². The van der Waals surface area contributed by atoms with Crippen molar-refractivity contribution in [3.8, 4) is 0 Å². The summed E-state index contributed by atoms with van der Waals surface area (Å²) in [6.07, 6.45) is -1.15. The van der Waals surface area contributed by atoms with Crippen LogP contribution in [-0.4, -0.2) is 29.4 Å². The summed E-state index contributed by atoms with van der Waals surface area (Å²) in [5, 5.41) is 2.41. The molecular formula is C12H19F2NO3. The van der Waals surface area contributed by atoms with E-state index in [1.807, 2.05) is 0 Å². The Kier molecular flexibility index (Phi) is 3.98. The summed E-state index contributed by atoms with van der Waals surface area (Å²) in [5.41, 5.74) is -1.91. The van der Waals surface area contributed by atoms with Crippen LogP contribution < -0.4 is 5.32 Å². The van der Waals surface area contributed by atoms with E-state index in [4.69, 9.17) is 4.74 Å². The van der Waals surface area contributed by atoms with Crippen molar-refractivity contribution in [1.29, 1.82) is 0 Å². The molecule has 1 fully saturated rings. The van der Waals surface area contributed by atoms with Crippen molar-refractivity contribution in [2.24, 2.45) is 0 Å². The summed E-state index contributed by atoms with van der Waals surface area (Å²) in [7, 11) is 0. The smallest absolute Gasteiger partial charge is 0.408 e. The van der Waals surface area contributed by atoms with E-state index in [1.165, 1.54) is 0 Å². The SMILES string of the molecule is CC(C)(C)OC(=O)NC1(C=O)CCC(F)(F)CC1. The number of amides is 1. The molecule has 0 radical (unpaired) electrons. The standard InChI is InChI=1S/C12H19F2NO3/c1-10(2,3)18-9(17)15-11(8-16)4-6-12(13,14)7-5-11/h8H,4-7H2,1-3H3,(H,15,17). The van der Waals surface area contributed by atoms with E-state index in [0.29, 0.717) is 6.29 Å². The number of ether oxygens (including phenoxy) is 1. The van der Waals surface area contributed by atoms with Crippen LogP contribution >= 0.6 is 0 Å². The van der Waals surface area contributed by atoms with Crippen LogP contribution in [0.3, 0.4) is 0 Å². The number of hydrogen-bond acceptors (Lipinski definition) is 3. The van der Waals surface area contributed by atoms with Crippen LogP contribution in [0.1, 0.15) is 46.5 Å². The number of hydrogen-bond donors (Lipinski definition) is 1. The van der Waals surface area contributed by atoms with Crippen molar-refractivity contribution < 1.29 is 23.1 Å². The molecule has 0 saturated heterocycles. The fourth-order valence-corrected chi connectivity index (χ4v) is 1.84. The molecule has 0 aliphatic heterocycles. The number of alkyl carbamates (subject to hydrolysis) is 1. The van der Waals surface area contributed by atoms with Crippen molar-refractivity contribution in [2.75, 3.05) is 0 Å². The molecule has 0 heterocycles. The largest absolute Gasteiger partial charge is 0.444 e. The highest BCUT2D eigenvalue weighted by Crippen LogP contribution is 2.37. The highest BCUT2D eigenvalue weighted by molar-refractivity contribution is 5.76. The molecule has 1 amide bonds. The van der Waals surface area contributed by atoms with Crippen LogP contribution in [0.5, 0.6) is 0 Å². The van der Waals surface area contributed by atoms with Crippen molar-refractivity contribution in [3.05, 3.63) is 0 Å². The third kappa shape index (κ3) is 4.23. The summed E-state index contributed by atoms with van der Waals surface area (Å²) in [4.78, 5) is 22.7. The molecule has 0 unspecified atom stereocenters. The normalized spacial score (nSPS) is 22.1. The highest BCUT2D eigenvalue weighted by atomic mass is 19.3. The summed E-state index contributed by atoms with van der Waals surface area (Å²) in [5.74, 6) is -2.75. The van der Waals surface area contributed by atoms with E-state index in [1.54, 1.807) is 20.8 Å². The van der Waals surface area contributed by atoms with Crippen LogP contribution in [-0.2, 0) is 9.53 Å². The lowest BCUT2D eigenvalue weighted by Gasteiger charge is -2.36. The van der Waals surface area contributed by atoms with Gasteiger partial charge in [-0.3, -0.25) is 0 Å². The first kappa shape index (κ1) is 14.9. The first-order chi connectivity index (χ1) is 8.08. The number of alkyl halides is 2. The molecule has 1 rings (SSSR count). The Hall–Kier alpha value is -1.20. The molecule has 104 valence electrons. The van der Waals surface area contributed by atoms with Gasteiger partial charge >= 0.3 is 6.09 Å². The zero-order valence-corrected chi connectivity index (χ0v) is 10.9. The van der Waals surface area contributed by atoms with E-state index in [9.17, 15) is 18.4 Å². The Bertz CT molecular complexity index is 327. The van der Waals surface area contributed by atoms with Crippen LogP contribution in [0.15, 0.2) is 0 Å². The first-order valence-electron chi connectivity index (χ1n) is 5.93. The summed E-state index contributed by atoms with van der Waals surface area (Å²) < 4.78 is 31.1. The van der Waals surface area contributed by atoms with Crippen LogP contribution in [0, 0.1) is 0 Å². The monoisotopic (exact) mass is 263 g/mol. The Morgan fingerprint density at radius 2 is 1.72 bits per heavy atom. The quantitative estimate of drug-likeness (QED) is 0.779. The van der Waals surface area contributed by atoms with Gasteiger partial charge in [0.2, 0.25) is 5.92 Å². The predicted octanol–water partition coefficient (Wildman–Crippen LogP) is 2.66. The second-order valence-electron chi connectivity index (χ2n) is 5.76. The maximum atomic E-state index is 13.0. The van der Waals surface area contributed by atoms with Gasteiger partial charge in [0.25, 0.3) is 0 Å². The average molecular weight is 263 g/mol. The zero-order valence-electron chi connectivity index (χ0n) is 10.9. The van der Waals surface area contributed by atoms with Gasteiger partial charge in [0.1, 0.15) is 11.9 Å². The molecule has 0 aromatic rings. The van der Waals surface area contributed by atoms with Crippen molar-refractivity contribution >= 4 is 12.4 Å². The van der Waals surface area contributed by atoms with Crippen LogP contribution in [0.2, 0.25) is 0 Å². The second kappa shape index (κ2) is 4.82. The van der Waals surface area contributed by atoms with Crippen molar-refractivity contribution in [3.63, 3.8) is 0 Å². The summed E-state index contributed by atoms with van der Waals surface area (Å²) in [6, 6.07) is 0. The highest BCUT2D eigenvalue weighted by Gasteiger charge is 2.44. The fourth-order valence-electron chi connectivity index (χ4n) is 1.84. The number of carbonyl (C=O) groups excluding carboxylic acids is 2. The van der Waals surface area contributed by atoms with Gasteiger partial charge in [0.05, 0.1) is 5.54 Å². The molecule has 0 atom stereocenters. The molecule has 1 aliphatic carbocycles. The molecular weight excluding hydrogens is 244 g/mol. The maximum absolute atomic E-state index is 13.0. The van der Waals surface area contributed by atoms with Gasteiger partial charge in [-0.1, -0.05) is 0 Å². The molecule has 0 aromatic heterocycles. The average Bonchev–Trinajstić information content (AvgIpc) is 2.19. The maximum Gasteiger partial charge on any atom is 0.408 e. The minimum atomic E-state index is -2.75. The minimum Gasteiger partial charge on any atom is -0.444 e.